The van der Waals surface area contributed by atoms with Crippen molar-refractivity contribution in [2.24, 2.45) is 68.5 Å². The van der Waals surface area contributed by atoms with E-state index in [2.05, 4.69) is 63.2 Å². The number of likely N-dealkylation sites (N-methyl/N-ethyl adjacent to an activating group) is 1. The monoisotopic (exact) mass is 650 g/mol. The molecular weight excluding hydrogens is 578 g/mol. The van der Waals surface area contributed by atoms with E-state index in [0.29, 0.717) is 45.4 Å². The Morgan fingerprint density at radius 2 is 1.38 bits per heavy atom. The summed E-state index contributed by atoms with van der Waals surface area (Å²) in [6.45, 7) is 25.8. The Kier molecular flexibility index (Phi) is 8.14. The standard InChI is InChI=1S/C42H71N3O2/c1-8-43-23-25-44(26-24-43)28-14-21-45(22-15-28)37(47)30-27-32(39(4)19-20-39)36-29(30)11-17-41(6)31(36)9-10-34-40(5)16-13-35(46)38(2,3)33(40)12-18-42(34,41)7/h28-36,46H,8-27H2,1-7H3/t29?,30-,31-,32-,33+,34-,35+,36+,40+,41-,42-/m1/s1. The number of rotatable bonds is 4. The van der Waals surface area contributed by atoms with Gasteiger partial charge >= 0.3 is 0 Å². The molecule has 8 aliphatic rings. The lowest BCUT2D eigenvalue weighted by Crippen LogP contribution is -2.66. The molecule has 1 N–H and O–H groups in total. The van der Waals surface area contributed by atoms with Crippen LogP contribution in [0.2, 0.25) is 0 Å². The van der Waals surface area contributed by atoms with Gasteiger partial charge in [0.1, 0.15) is 0 Å². The van der Waals surface area contributed by atoms with Crippen molar-refractivity contribution in [3.8, 4) is 0 Å². The molecular formula is C42H71N3O2. The van der Waals surface area contributed by atoms with Crippen LogP contribution in [0, 0.1) is 68.5 Å². The summed E-state index contributed by atoms with van der Waals surface area (Å²) in [6.07, 6.45) is 16.3. The third-order valence-corrected chi connectivity index (χ3v) is 18.8. The number of nitrogens with zero attached hydrogens (tertiary/aromatic N) is 3. The molecule has 0 radical (unpaired) electrons. The lowest BCUT2D eigenvalue weighted by Gasteiger charge is -2.72. The van der Waals surface area contributed by atoms with Crippen molar-refractivity contribution in [2.45, 2.75) is 144 Å². The van der Waals surface area contributed by atoms with E-state index in [0.717, 1.165) is 43.2 Å². The predicted octanol–water partition coefficient (Wildman–Crippen LogP) is 7.71. The largest absolute Gasteiger partial charge is 0.393 e. The fourth-order valence-electron chi connectivity index (χ4n) is 15.4. The molecule has 11 atom stereocenters. The van der Waals surface area contributed by atoms with Crippen LogP contribution >= 0.6 is 0 Å². The molecule has 5 heteroatoms. The van der Waals surface area contributed by atoms with Crippen LogP contribution in [0.3, 0.4) is 0 Å². The second-order valence-electron chi connectivity index (χ2n) is 20.5. The summed E-state index contributed by atoms with van der Waals surface area (Å²) in [4.78, 5) is 22.3. The van der Waals surface area contributed by atoms with Crippen LogP contribution in [-0.2, 0) is 4.79 Å². The molecule has 2 aliphatic heterocycles. The average molecular weight is 650 g/mol. The molecule has 6 aliphatic carbocycles. The number of piperazine rings is 1. The van der Waals surface area contributed by atoms with Crippen molar-refractivity contribution in [2.75, 3.05) is 45.8 Å². The average Bonchev–Trinajstić information content (AvgIpc) is 3.68. The summed E-state index contributed by atoms with van der Waals surface area (Å²) >= 11 is 0. The SMILES string of the molecule is CCN1CCN(C2CCN(C(=O)[C@@H]3C[C@@H](C4(C)CC4)[C@H]4C3CC[C@]3(C)[C@@H]4CC[C@@H]4[C@@]5(C)CC[C@H](O)C(C)(C)[C@@H]5CC[C@]43C)CC2)CC1. The minimum Gasteiger partial charge on any atom is -0.393 e. The Morgan fingerprint density at radius 1 is 0.702 bits per heavy atom. The molecule has 2 saturated heterocycles. The van der Waals surface area contributed by atoms with Crippen LogP contribution in [0.4, 0.5) is 0 Å². The van der Waals surface area contributed by atoms with E-state index in [4.69, 9.17) is 0 Å². The Labute approximate surface area is 288 Å². The summed E-state index contributed by atoms with van der Waals surface area (Å²) in [5.41, 5.74) is 1.58. The van der Waals surface area contributed by atoms with E-state index in [9.17, 15) is 9.90 Å². The Balaban J connectivity index is 1.01. The maximum Gasteiger partial charge on any atom is 0.225 e. The normalized spacial score (nSPS) is 49.8. The zero-order chi connectivity index (χ0) is 33.1. The number of carbonyl (C=O) groups is 1. The Bertz CT molecular complexity index is 1200. The summed E-state index contributed by atoms with van der Waals surface area (Å²) in [5.74, 6) is 5.10. The van der Waals surface area contributed by atoms with Gasteiger partial charge in [0.05, 0.1) is 6.10 Å². The summed E-state index contributed by atoms with van der Waals surface area (Å²) in [6, 6.07) is 0.675. The van der Waals surface area contributed by atoms with Crippen LogP contribution in [0.5, 0.6) is 0 Å². The van der Waals surface area contributed by atoms with Gasteiger partial charge in [-0.2, -0.15) is 0 Å². The third kappa shape index (κ3) is 4.87. The minimum absolute atomic E-state index is 0.0208. The highest BCUT2D eigenvalue weighted by Crippen LogP contribution is 2.77. The highest BCUT2D eigenvalue weighted by Gasteiger charge is 2.71. The first-order valence-electron chi connectivity index (χ1n) is 20.7. The molecule has 0 aromatic carbocycles. The van der Waals surface area contributed by atoms with E-state index >= 15 is 0 Å². The second kappa shape index (κ2) is 11.4. The number of carbonyl (C=O) groups excluding carboxylic acids is 1. The fourth-order valence-corrected chi connectivity index (χ4v) is 15.4. The van der Waals surface area contributed by atoms with Crippen molar-refractivity contribution in [3.63, 3.8) is 0 Å². The summed E-state index contributed by atoms with van der Waals surface area (Å²) < 4.78 is 0. The van der Waals surface area contributed by atoms with Crippen molar-refractivity contribution in [1.29, 1.82) is 0 Å². The van der Waals surface area contributed by atoms with Gasteiger partial charge in [-0.15, -0.1) is 0 Å². The molecule has 0 aromatic rings. The van der Waals surface area contributed by atoms with Crippen LogP contribution in [-0.4, -0.2) is 83.7 Å². The molecule has 8 fully saturated rings. The number of hydrogen-bond acceptors (Lipinski definition) is 4. The van der Waals surface area contributed by atoms with Gasteiger partial charge in [0.15, 0.2) is 0 Å². The van der Waals surface area contributed by atoms with Crippen molar-refractivity contribution in [3.05, 3.63) is 0 Å². The van der Waals surface area contributed by atoms with Crippen LogP contribution < -0.4 is 0 Å². The number of fused-ring (bicyclic) bond motifs is 7. The summed E-state index contributed by atoms with van der Waals surface area (Å²) in [5, 5.41) is 11.1. The Hall–Kier alpha value is -0.650. The summed E-state index contributed by atoms with van der Waals surface area (Å²) in [7, 11) is 0. The van der Waals surface area contributed by atoms with E-state index in [1.807, 2.05) is 0 Å². The van der Waals surface area contributed by atoms with Gasteiger partial charge in [0, 0.05) is 51.2 Å². The van der Waals surface area contributed by atoms with Gasteiger partial charge in [0.25, 0.3) is 0 Å². The number of amides is 1. The number of hydrogen-bond donors (Lipinski definition) is 1. The Morgan fingerprint density at radius 3 is 2.04 bits per heavy atom. The maximum atomic E-state index is 14.6. The second-order valence-corrected chi connectivity index (χ2v) is 20.5. The molecule has 0 aromatic heterocycles. The highest BCUT2D eigenvalue weighted by atomic mass is 16.3. The molecule has 0 spiro atoms. The van der Waals surface area contributed by atoms with Gasteiger partial charge in [-0.05, 0) is 153 Å². The number of aliphatic hydroxyl groups excluding tert-OH is 1. The van der Waals surface area contributed by atoms with Crippen molar-refractivity contribution < 1.29 is 9.90 Å². The van der Waals surface area contributed by atoms with Crippen LogP contribution in [0.25, 0.3) is 0 Å². The molecule has 8 rings (SSSR count). The number of likely N-dealkylation sites (tertiary alicyclic amines) is 1. The fraction of sp³-hybridized carbons (Fsp3) is 0.976. The molecule has 1 unspecified atom stereocenters. The van der Waals surface area contributed by atoms with Crippen molar-refractivity contribution >= 4 is 5.91 Å². The van der Waals surface area contributed by atoms with Crippen molar-refractivity contribution in [1.82, 2.24) is 14.7 Å². The van der Waals surface area contributed by atoms with E-state index in [1.165, 1.54) is 110 Å². The lowest BCUT2D eigenvalue weighted by atomic mass is 9.33. The maximum absolute atomic E-state index is 14.6. The van der Waals surface area contributed by atoms with Crippen LogP contribution in [0.15, 0.2) is 0 Å². The van der Waals surface area contributed by atoms with Gasteiger partial charge in [-0.1, -0.05) is 48.5 Å². The molecule has 266 valence electrons. The van der Waals surface area contributed by atoms with E-state index < -0.39 is 0 Å². The highest BCUT2D eigenvalue weighted by molar-refractivity contribution is 5.80. The first kappa shape index (κ1) is 33.5. The zero-order valence-corrected chi connectivity index (χ0v) is 31.5. The number of aliphatic hydroxyl groups is 1. The third-order valence-electron chi connectivity index (χ3n) is 18.8. The van der Waals surface area contributed by atoms with E-state index in [1.54, 1.807) is 0 Å². The molecule has 6 saturated carbocycles. The molecule has 5 nitrogen and oxygen atoms in total. The molecule has 0 bridgehead atoms. The van der Waals surface area contributed by atoms with Gasteiger partial charge in [0.2, 0.25) is 5.91 Å². The van der Waals surface area contributed by atoms with Crippen LogP contribution in [0.1, 0.15) is 132 Å². The topological polar surface area (TPSA) is 47.0 Å². The molecule has 47 heavy (non-hydrogen) atoms. The van der Waals surface area contributed by atoms with E-state index in [-0.39, 0.29) is 17.4 Å². The molecule has 2 heterocycles. The predicted molar refractivity (Wildman–Crippen MR) is 191 cm³/mol. The number of piperidine rings is 1. The first-order chi connectivity index (χ1) is 22.3. The lowest BCUT2D eigenvalue weighted by molar-refractivity contribution is -0.243. The molecule has 1 amide bonds. The quantitative estimate of drug-likeness (QED) is 0.339. The van der Waals surface area contributed by atoms with Gasteiger partial charge < -0.3 is 14.9 Å². The van der Waals surface area contributed by atoms with Gasteiger partial charge in [-0.3, -0.25) is 9.69 Å². The minimum atomic E-state index is -0.150. The zero-order valence-electron chi connectivity index (χ0n) is 31.5. The van der Waals surface area contributed by atoms with Gasteiger partial charge in [-0.25, -0.2) is 0 Å². The first-order valence-corrected chi connectivity index (χ1v) is 20.7. The smallest absolute Gasteiger partial charge is 0.225 e.